The third-order valence-corrected chi connectivity index (χ3v) is 0.847. The highest BCUT2D eigenvalue weighted by Crippen LogP contribution is 1.99. The van der Waals surface area contributed by atoms with Crippen LogP contribution in [0.4, 0.5) is 0 Å². The van der Waals surface area contributed by atoms with Gasteiger partial charge < -0.3 is 14.8 Å². The summed E-state index contributed by atoms with van der Waals surface area (Å²) in [5.74, 6) is 0.660. The van der Waals surface area contributed by atoms with E-state index in [0.29, 0.717) is 5.88 Å². The number of methoxy groups -OCH3 is 1. The molecule has 2 N–H and O–H groups in total. The maximum atomic E-state index is 7.12. The molecule has 0 aliphatic rings. The molecule has 0 saturated heterocycles. The van der Waals surface area contributed by atoms with Crippen molar-refractivity contribution in [2.75, 3.05) is 7.11 Å². The lowest BCUT2D eigenvalue weighted by Gasteiger charge is -1.92. The summed E-state index contributed by atoms with van der Waals surface area (Å²) in [6.07, 6.45) is 1.69. The minimum atomic E-state index is -0.750. The van der Waals surface area contributed by atoms with Crippen LogP contribution in [0.3, 0.4) is 0 Å². The van der Waals surface area contributed by atoms with Gasteiger partial charge in [-0.15, -0.1) is 0 Å². The van der Waals surface area contributed by atoms with Crippen molar-refractivity contribution in [3.05, 3.63) is 24.4 Å². The molecule has 60 valence electrons. The van der Waals surface area contributed by atoms with Crippen LogP contribution in [-0.2, 0) is 0 Å². The zero-order valence-corrected chi connectivity index (χ0v) is 6.27. The Morgan fingerprint density at radius 2 is 2.09 bits per heavy atom. The Hall–Kier alpha value is -1.07. The summed E-state index contributed by atoms with van der Waals surface area (Å²) in [6, 6.07) is 5.54. The first kappa shape index (κ1) is 9.93. The monoisotopic (exact) mass is 155 g/mol. The van der Waals surface area contributed by atoms with Gasteiger partial charge in [-0.05, 0) is 6.07 Å². The van der Waals surface area contributed by atoms with E-state index < -0.39 is 7.69 Å². The van der Waals surface area contributed by atoms with Crippen LogP contribution in [0.15, 0.2) is 24.4 Å². The second-order valence-electron chi connectivity index (χ2n) is 1.51. The fourth-order valence-corrected chi connectivity index (χ4v) is 0.468. The average Bonchev–Trinajstić information content (AvgIpc) is 2.08. The second-order valence-corrected chi connectivity index (χ2v) is 1.51. The van der Waals surface area contributed by atoms with E-state index in [1.54, 1.807) is 19.4 Å². The van der Waals surface area contributed by atoms with E-state index in [0.717, 1.165) is 0 Å². The molecule has 11 heavy (non-hydrogen) atoms. The molecular formula is C6H10BNO3. The lowest BCUT2D eigenvalue weighted by atomic mass is 10.5. The third kappa shape index (κ3) is 5.38. The molecule has 0 saturated carbocycles. The van der Waals surface area contributed by atoms with Crippen molar-refractivity contribution in [2.24, 2.45) is 0 Å². The molecule has 0 unspecified atom stereocenters. The van der Waals surface area contributed by atoms with E-state index in [4.69, 9.17) is 14.8 Å². The maximum Gasteiger partial charge on any atom is 0.432 e. The van der Waals surface area contributed by atoms with Gasteiger partial charge in [-0.3, -0.25) is 0 Å². The molecule has 4 nitrogen and oxygen atoms in total. The summed E-state index contributed by atoms with van der Waals surface area (Å²) >= 11 is 0. The second kappa shape index (κ2) is 7.05. The molecule has 5 heteroatoms. The van der Waals surface area contributed by atoms with Gasteiger partial charge in [-0.25, -0.2) is 4.98 Å². The fraction of sp³-hybridized carbons (Fsp3) is 0.167. The molecule has 0 amide bonds. The van der Waals surface area contributed by atoms with Gasteiger partial charge in [0, 0.05) is 12.3 Å². The van der Waals surface area contributed by atoms with E-state index in [1.165, 1.54) is 0 Å². The average molecular weight is 155 g/mol. The van der Waals surface area contributed by atoms with Crippen LogP contribution in [-0.4, -0.2) is 29.8 Å². The molecule has 0 fully saturated rings. The zero-order chi connectivity index (χ0) is 8.53. The van der Waals surface area contributed by atoms with Gasteiger partial charge in [0.1, 0.15) is 0 Å². The molecule has 1 aromatic rings. The topological polar surface area (TPSA) is 62.6 Å². The molecule has 1 aromatic heterocycles. The van der Waals surface area contributed by atoms with Gasteiger partial charge >= 0.3 is 7.69 Å². The van der Waals surface area contributed by atoms with Crippen LogP contribution in [0.1, 0.15) is 0 Å². The van der Waals surface area contributed by atoms with Crippen molar-refractivity contribution in [2.45, 2.75) is 0 Å². The molecule has 1 heterocycles. The van der Waals surface area contributed by atoms with Crippen LogP contribution in [0.25, 0.3) is 0 Å². The molecular weight excluding hydrogens is 145 g/mol. The molecule has 0 aliphatic heterocycles. The van der Waals surface area contributed by atoms with Gasteiger partial charge in [-0.1, -0.05) is 6.07 Å². The van der Waals surface area contributed by atoms with Crippen molar-refractivity contribution in [3.63, 3.8) is 0 Å². The molecule has 0 spiro atoms. The van der Waals surface area contributed by atoms with E-state index in [9.17, 15) is 0 Å². The van der Waals surface area contributed by atoms with E-state index in [-0.39, 0.29) is 0 Å². The summed E-state index contributed by atoms with van der Waals surface area (Å²) < 4.78 is 4.80. The van der Waals surface area contributed by atoms with Gasteiger partial charge in [0.05, 0.1) is 7.11 Å². The Labute approximate surface area is 65.8 Å². The predicted molar refractivity (Wildman–Crippen MR) is 42.4 cm³/mol. The van der Waals surface area contributed by atoms with Crippen LogP contribution in [0, 0.1) is 0 Å². The number of aromatic nitrogens is 1. The Bertz CT molecular complexity index is 171. The van der Waals surface area contributed by atoms with Crippen molar-refractivity contribution in [1.82, 2.24) is 4.98 Å². The van der Waals surface area contributed by atoms with E-state index in [1.807, 2.05) is 12.1 Å². The number of ether oxygens (including phenoxy) is 1. The van der Waals surface area contributed by atoms with Gasteiger partial charge in [0.25, 0.3) is 0 Å². The highest BCUT2D eigenvalue weighted by molar-refractivity contribution is 6.13. The Morgan fingerprint density at radius 1 is 1.45 bits per heavy atom. The number of pyridine rings is 1. The smallest absolute Gasteiger partial charge is 0.432 e. The normalized spacial score (nSPS) is 7.55. The predicted octanol–water partition coefficient (Wildman–Crippen LogP) is -0.672. The standard InChI is InChI=1S/C6H7NO.BH3O2/c1-8-6-4-2-3-5-7-6;2-1-3/h2-5H,1H3;1-3H. The minimum Gasteiger partial charge on any atom is -0.481 e. The lowest BCUT2D eigenvalue weighted by Crippen LogP contribution is -1.83. The summed E-state index contributed by atoms with van der Waals surface area (Å²) in [5.41, 5.74) is 0. The van der Waals surface area contributed by atoms with Gasteiger partial charge in [0.2, 0.25) is 5.88 Å². The molecule has 0 bridgehead atoms. The first-order chi connectivity index (χ1) is 5.35. The first-order valence-corrected chi connectivity index (χ1v) is 3.02. The Kier molecular flexibility index (Phi) is 6.36. The number of nitrogens with zero attached hydrogens (tertiary/aromatic N) is 1. The summed E-state index contributed by atoms with van der Waals surface area (Å²) in [7, 11) is 0.850. The van der Waals surface area contributed by atoms with Crippen LogP contribution >= 0.6 is 0 Å². The molecule has 0 radical (unpaired) electrons. The number of rotatable bonds is 1. The molecule has 0 atom stereocenters. The van der Waals surface area contributed by atoms with Crippen molar-refractivity contribution in [1.29, 1.82) is 0 Å². The SMILES string of the molecule is COc1ccccn1.OBO. The van der Waals surface area contributed by atoms with Crippen LogP contribution in [0.5, 0.6) is 5.88 Å². The first-order valence-electron chi connectivity index (χ1n) is 3.02. The van der Waals surface area contributed by atoms with Crippen LogP contribution < -0.4 is 4.74 Å². The highest BCUT2D eigenvalue weighted by Gasteiger charge is 1.82. The number of hydrogen-bond acceptors (Lipinski definition) is 4. The summed E-state index contributed by atoms with van der Waals surface area (Å²) in [4.78, 5) is 3.88. The Balaban J connectivity index is 0.000000292. The van der Waals surface area contributed by atoms with Crippen molar-refractivity contribution in [3.8, 4) is 5.88 Å². The fourth-order valence-electron chi connectivity index (χ4n) is 0.468. The quantitative estimate of drug-likeness (QED) is 0.527. The summed E-state index contributed by atoms with van der Waals surface area (Å²) in [6.45, 7) is 0. The minimum absolute atomic E-state index is 0.660. The Morgan fingerprint density at radius 3 is 2.36 bits per heavy atom. The zero-order valence-electron chi connectivity index (χ0n) is 6.27. The van der Waals surface area contributed by atoms with Crippen LogP contribution in [0.2, 0.25) is 0 Å². The van der Waals surface area contributed by atoms with Gasteiger partial charge in [-0.2, -0.15) is 0 Å². The number of hydrogen-bond donors (Lipinski definition) is 2. The lowest BCUT2D eigenvalue weighted by molar-refractivity contribution is 0.398. The molecule has 0 aliphatic carbocycles. The third-order valence-electron chi connectivity index (χ3n) is 0.847. The van der Waals surface area contributed by atoms with E-state index in [2.05, 4.69) is 4.98 Å². The largest absolute Gasteiger partial charge is 0.481 e. The van der Waals surface area contributed by atoms with Gasteiger partial charge in [0.15, 0.2) is 0 Å². The van der Waals surface area contributed by atoms with Crippen molar-refractivity contribution < 1.29 is 14.8 Å². The summed E-state index contributed by atoms with van der Waals surface area (Å²) in [5, 5.41) is 14.2. The van der Waals surface area contributed by atoms with Crippen molar-refractivity contribution >= 4 is 7.69 Å². The maximum absolute atomic E-state index is 7.12. The molecule has 0 aromatic carbocycles. The molecule has 1 rings (SSSR count). The van der Waals surface area contributed by atoms with E-state index >= 15 is 0 Å². The highest BCUT2D eigenvalue weighted by atomic mass is 16.5.